The van der Waals surface area contributed by atoms with Crippen LogP contribution in [0.3, 0.4) is 0 Å². The number of rotatable bonds is 30. The van der Waals surface area contributed by atoms with Crippen LogP contribution in [-0.4, -0.2) is 90.9 Å². The van der Waals surface area contributed by atoms with E-state index in [0.717, 1.165) is 87.3 Å². The molecular formula is C55H80N2O10. The van der Waals surface area contributed by atoms with Crippen LogP contribution in [0, 0.1) is 17.8 Å². The Kier molecular flexibility index (Phi) is 21.5. The summed E-state index contributed by atoms with van der Waals surface area (Å²) in [5.74, 6) is -0.198. The third-order valence-corrected chi connectivity index (χ3v) is 14.1. The van der Waals surface area contributed by atoms with Crippen molar-refractivity contribution in [1.29, 1.82) is 0 Å². The van der Waals surface area contributed by atoms with Crippen molar-refractivity contribution in [3.05, 3.63) is 77.9 Å². The molecule has 0 spiro atoms. The van der Waals surface area contributed by atoms with Gasteiger partial charge in [-0.05, 0) is 99.1 Å². The molecule has 0 aromatic heterocycles. The summed E-state index contributed by atoms with van der Waals surface area (Å²) in [5.41, 5.74) is 3.14. The lowest BCUT2D eigenvalue weighted by atomic mass is 9.55. The van der Waals surface area contributed by atoms with E-state index in [2.05, 4.69) is 32.6 Å². The molecule has 370 valence electrons. The molecular weight excluding hydrogens is 849 g/mol. The first kappa shape index (κ1) is 52.1. The Hall–Kier alpha value is -4.23. The monoisotopic (exact) mass is 929 g/mol. The molecule has 2 aliphatic heterocycles. The van der Waals surface area contributed by atoms with E-state index in [1.807, 2.05) is 23.1 Å². The number of carbonyl (C=O) groups excluding carboxylic acids is 2. The highest BCUT2D eigenvalue weighted by atomic mass is 16.8. The number of benzene rings is 2. The zero-order valence-corrected chi connectivity index (χ0v) is 40.6. The molecule has 12 heteroatoms. The van der Waals surface area contributed by atoms with Crippen molar-refractivity contribution in [1.82, 2.24) is 4.90 Å². The Bertz CT molecular complexity index is 1900. The first-order valence-corrected chi connectivity index (χ1v) is 25.9. The van der Waals surface area contributed by atoms with Crippen molar-refractivity contribution in [2.45, 2.75) is 173 Å². The Morgan fingerprint density at radius 1 is 0.896 bits per heavy atom. The number of aliphatic hydroxyl groups excluding tert-OH is 2. The summed E-state index contributed by atoms with van der Waals surface area (Å²) in [7, 11) is 0. The minimum absolute atomic E-state index is 0.0486. The number of nitrogens with zero attached hydrogens (tertiary/aromatic N) is 2. The summed E-state index contributed by atoms with van der Waals surface area (Å²) >= 11 is 0. The molecule has 4 aliphatic rings. The van der Waals surface area contributed by atoms with Gasteiger partial charge in [0.2, 0.25) is 12.1 Å². The number of amides is 1. The average molecular weight is 929 g/mol. The predicted molar refractivity (Wildman–Crippen MR) is 262 cm³/mol. The van der Waals surface area contributed by atoms with E-state index in [1.54, 1.807) is 24.3 Å². The Labute approximate surface area is 400 Å². The van der Waals surface area contributed by atoms with Crippen LogP contribution in [0.1, 0.15) is 171 Å². The number of hydrogen-bond acceptors (Lipinski definition) is 11. The number of fused-ring (bicyclic) bond motifs is 2. The highest BCUT2D eigenvalue weighted by Gasteiger charge is 2.65. The smallest absolute Gasteiger partial charge is 0.410 e. The molecule has 6 rings (SSSR count). The lowest BCUT2D eigenvalue weighted by molar-refractivity contribution is -0.255. The SMILES string of the molecule is C=CCO[C@@]12Oc3ccc(Oc4cccc(C=O)c4)cc3[C@H]3[C@H](CCCCO)[C@@H](CCCCO)C=C(C(=NOC4CCCCO4)C[C@@H]1N(CCC)C(=O)OCCCCCCCCCCCC)[C@H]32. The normalized spacial score (nSPS) is 24.7. The van der Waals surface area contributed by atoms with Gasteiger partial charge in [-0.15, -0.1) is 6.58 Å². The van der Waals surface area contributed by atoms with Gasteiger partial charge in [0.05, 0.1) is 31.5 Å². The molecule has 2 N–H and O–H groups in total. The fourth-order valence-corrected chi connectivity index (χ4v) is 10.9. The fraction of sp³-hybridized carbons (Fsp3) is 0.655. The average Bonchev–Trinajstić information content (AvgIpc) is 3.35. The van der Waals surface area contributed by atoms with Crippen LogP contribution < -0.4 is 9.47 Å². The maximum absolute atomic E-state index is 14.7. The van der Waals surface area contributed by atoms with Gasteiger partial charge in [-0.25, -0.2) is 4.79 Å². The zero-order valence-electron chi connectivity index (χ0n) is 40.6. The molecule has 7 atom stereocenters. The zero-order chi connectivity index (χ0) is 47.3. The first-order chi connectivity index (χ1) is 32.9. The first-order valence-electron chi connectivity index (χ1n) is 25.9. The van der Waals surface area contributed by atoms with Gasteiger partial charge in [0.15, 0.2) is 0 Å². The van der Waals surface area contributed by atoms with Crippen LogP contribution >= 0.6 is 0 Å². The molecule has 1 saturated heterocycles. The van der Waals surface area contributed by atoms with Gasteiger partial charge in [0.1, 0.15) is 29.6 Å². The number of allylic oxidation sites excluding steroid dienone is 1. The number of oxime groups is 1. The molecule has 2 aliphatic carbocycles. The molecule has 2 aromatic carbocycles. The van der Waals surface area contributed by atoms with E-state index < -0.39 is 30.1 Å². The van der Waals surface area contributed by atoms with E-state index in [0.29, 0.717) is 61.8 Å². The van der Waals surface area contributed by atoms with E-state index in [4.69, 9.17) is 33.7 Å². The van der Waals surface area contributed by atoms with Gasteiger partial charge < -0.3 is 38.7 Å². The van der Waals surface area contributed by atoms with Gasteiger partial charge >= 0.3 is 6.09 Å². The largest absolute Gasteiger partial charge is 0.459 e. The van der Waals surface area contributed by atoms with Crippen LogP contribution in [0.25, 0.3) is 0 Å². The summed E-state index contributed by atoms with van der Waals surface area (Å²) in [5, 5.41) is 25.0. The summed E-state index contributed by atoms with van der Waals surface area (Å²) < 4.78 is 33.2. The topological polar surface area (TPSA) is 146 Å². The molecule has 67 heavy (non-hydrogen) atoms. The van der Waals surface area contributed by atoms with Crippen molar-refractivity contribution in [2.24, 2.45) is 22.9 Å². The Morgan fingerprint density at radius 2 is 1.64 bits per heavy atom. The van der Waals surface area contributed by atoms with E-state index >= 15 is 0 Å². The highest BCUT2D eigenvalue weighted by Crippen LogP contribution is 2.62. The number of aliphatic hydroxyl groups is 2. The van der Waals surface area contributed by atoms with Gasteiger partial charge in [0.25, 0.3) is 0 Å². The number of carbonyl (C=O) groups is 2. The molecule has 0 radical (unpaired) electrons. The second-order valence-electron chi connectivity index (χ2n) is 19.0. The number of ether oxygens (including phenoxy) is 5. The van der Waals surface area contributed by atoms with Crippen LogP contribution in [0.15, 0.2) is 71.9 Å². The second-order valence-corrected chi connectivity index (χ2v) is 19.0. The third kappa shape index (κ3) is 14.0. The number of unbranched alkanes of at least 4 members (excludes halogenated alkanes) is 11. The Morgan fingerprint density at radius 3 is 2.34 bits per heavy atom. The molecule has 2 fully saturated rings. The molecule has 1 amide bonds. The fourth-order valence-electron chi connectivity index (χ4n) is 10.9. The molecule has 0 bridgehead atoms. The highest BCUT2D eigenvalue weighted by molar-refractivity contribution is 6.03. The van der Waals surface area contributed by atoms with Crippen molar-refractivity contribution in [2.75, 3.05) is 39.6 Å². The maximum atomic E-state index is 14.7. The summed E-state index contributed by atoms with van der Waals surface area (Å²) in [6.45, 7) is 10.1. The van der Waals surface area contributed by atoms with Gasteiger partial charge in [-0.2, -0.15) is 0 Å². The number of hydrogen-bond donors (Lipinski definition) is 2. The van der Waals surface area contributed by atoms with Crippen LogP contribution in [0.2, 0.25) is 0 Å². The summed E-state index contributed by atoms with van der Waals surface area (Å²) in [4.78, 5) is 34.5. The van der Waals surface area contributed by atoms with Gasteiger partial charge in [0, 0.05) is 49.6 Å². The quantitative estimate of drug-likeness (QED) is 0.0336. The van der Waals surface area contributed by atoms with E-state index in [-0.39, 0.29) is 44.0 Å². The standard InChI is InChI=1S/C55H80N2O10/c1-4-7-8-9-10-11-12-13-14-20-35-63-54(61)57(30-5-2)50-39-48(56-67-51-27-17-21-34-62-51)46-37-42(24-15-18-31-58)45(26-16-19-32-59)52-47-38-44(65-43-25-22-23-41(36-43)40-60)28-29-49(47)66-55(50,53(46)52)64-33-6-3/h6,22-23,25,28-29,36-38,40,42,45,50-53,58-59H,3-5,7-21,24,26-27,30-35,39H2,1-2H3/t42-,45+,50-,51?,52+,53+,55+/m0/s1. The minimum atomic E-state index is -1.39. The van der Waals surface area contributed by atoms with Crippen molar-refractivity contribution in [3.63, 3.8) is 0 Å². The predicted octanol–water partition coefficient (Wildman–Crippen LogP) is 12.2. The lowest BCUT2D eigenvalue weighted by Crippen LogP contribution is -2.70. The molecule has 12 nitrogen and oxygen atoms in total. The summed E-state index contributed by atoms with van der Waals surface area (Å²) in [6, 6.07) is 12.3. The lowest BCUT2D eigenvalue weighted by Gasteiger charge is -2.60. The van der Waals surface area contributed by atoms with Crippen LogP contribution in [-0.2, 0) is 19.0 Å². The van der Waals surface area contributed by atoms with Crippen LogP contribution in [0.5, 0.6) is 17.2 Å². The minimum Gasteiger partial charge on any atom is -0.459 e. The molecule has 1 saturated carbocycles. The van der Waals surface area contributed by atoms with E-state index in [9.17, 15) is 19.8 Å². The molecule has 2 heterocycles. The van der Waals surface area contributed by atoms with Crippen molar-refractivity contribution < 1.29 is 48.3 Å². The summed E-state index contributed by atoms with van der Waals surface area (Å²) in [6.07, 6.45) is 24.1. The third-order valence-electron chi connectivity index (χ3n) is 14.1. The second kappa shape index (κ2) is 27.7. The van der Waals surface area contributed by atoms with Crippen molar-refractivity contribution in [3.8, 4) is 17.2 Å². The molecule has 2 aromatic rings. The van der Waals surface area contributed by atoms with Gasteiger partial charge in [-0.1, -0.05) is 114 Å². The number of aldehydes is 1. The van der Waals surface area contributed by atoms with Gasteiger partial charge in [-0.3, -0.25) is 9.69 Å². The van der Waals surface area contributed by atoms with Crippen molar-refractivity contribution >= 4 is 18.1 Å². The maximum Gasteiger partial charge on any atom is 0.410 e. The van der Waals surface area contributed by atoms with Crippen LogP contribution in [0.4, 0.5) is 4.79 Å². The molecule has 1 unspecified atom stereocenters. The Balaban J connectivity index is 1.42. The van der Waals surface area contributed by atoms with E-state index in [1.165, 1.54) is 44.9 Å².